The van der Waals surface area contributed by atoms with E-state index in [1.165, 1.54) is 11.0 Å². The van der Waals surface area contributed by atoms with Crippen molar-refractivity contribution in [3.8, 4) is 5.88 Å². The minimum absolute atomic E-state index is 0. The van der Waals surface area contributed by atoms with Gasteiger partial charge in [0.05, 0.1) is 12.1 Å². The molecule has 1 amide bonds. The number of nitrogens with zero attached hydrogens (tertiary/aromatic N) is 3. The van der Waals surface area contributed by atoms with E-state index in [9.17, 15) is 18.0 Å². The van der Waals surface area contributed by atoms with Crippen LogP contribution in [0.5, 0.6) is 5.88 Å². The topological polar surface area (TPSA) is 78.9 Å². The Morgan fingerprint density at radius 2 is 1.88 bits per heavy atom. The van der Waals surface area contributed by atoms with Crippen LogP contribution < -0.4 is 15.4 Å². The van der Waals surface area contributed by atoms with Crippen molar-refractivity contribution >= 4 is 35.8 Å². The quantitative estimate of drug-likeness (QED) is 0.223. The van der Waals surface area contributed by atoms with Crippen LogP contribution in [0.15, 0.2) is 47.6 Å². The van der Waals surface area contributed by atoms with Crippen LogP contribution in [0, 0.1) is 0 Å². The number of carbonyl (C=O) groups is 1. The molecule has 0 bridgehead atoms. The number of aromatic nitrogens is 1. The number of pyridine rings is 1. The fourth-order valence-corrected chi connectivity index (χ4v) is 2.62. The number of benzene rings is 1. The normalized spacial score (nSPS) is 11.4. The van der Waals surface area contributed by atoms with Crippen molar-refractivity contribution in [1.82, 2.24) is 20.5 Å². The molecule has 0 atom stereocenters. The molecule has 0 aliphatic carbocycles. The molecular weight excluding hydrogens is 538 g/mol. The van der Waals surface area contributed by atoms with Gasteiger partial charge in [0.25, 0.3) is 5.91 Å². The Hall–Kier alpha value is -2.57. The first-order chi connectivity index (χ1) is 14.7. The second-order valence-corrected chi connectivity index (χ2v) is 6.81. The Kier molecular flexibility index (Phi) is 11.2. The summed E-state index contributed by atoms with van der Waals surface area (Å²) in [6.07, 6.45) is -2.99. The van der Waals surface area contributed by atoms with Crippen molar-refractivity contribution in [3.05, 3.63) is 59.3 Å². The van der Waals surface area contributed by atoms with Gasteiger partial charge < -0.3 is 20.3 Å². The molecule has 11 heteroatoms. The highest BCUT2D eigenvalue weighted by molar-refractivity contribution is 14.0. The van der Waals surface area contributed by atoms with Gasteiger partial charge in [-0.15, -0.1) is 24.0 Å². The maximum Gasteiger partial charge on any atom is 0.417 e. The second kappa shape index (κ2) is 13.1. The van der Waals surface area contributed by atoms with E-state index >= 15 is 0 Å². The molecule has 7 nitrogen and oxygen atoms in total. The lowest BCUT2D eigenvalue weighted by molar-refractivity contribution is -0.137. The Morgan fingerprint density at radius 1 is 1.16 bits per heavy atom. The van der Waals surface area contributed by atoms with Crippen LogP contribution in [0.4, 0.5) is 13.2 Å². The summed E-state index contributed by atoms with van der Waals surface area (Å²) in [5.74, 6) is 0.629. The first kappa shape index (κ1) is 27.5. The SMILES string of the molecule is CN=C(NCCOc1ccc(C(F)(F)F)cn1)NCCc1cccc(C(=O)N(C)C)c1.I. The van der Waals surface area contributed by atoms with E-state index in [2.05, 4.69) is 20.6 Å². The van der Waals surface area contributed by atoms with Gasteiger partial charge in [-0.05, 0) is 30.2 Å². The smallest absolute Gasteiger partial charge is 0.417 e. The average Bonchev–Trinajstić information content (AvgIpc) is 2.74. The van der Waals surface area contributed by atoms with Gasteiger partial charge in [0.2, 0.25) is 5.88 Å². The molecule has 2 aromatic rings. The third-order valence-corrected chi connectivity index (χ3v) is 4.22. The van der Waals surface area contributed by atoms with Crippen LogP contribution in [0.1, 0.15) is 21.5 Å². The number of alkyl halides is 3. The van der Waals surface area contributed by atoms with Crippen LogP contribution in [-0.2, 0) is 12.6 Å². The third-order valence-electron chi connectivity index (χ3n) is 4.22. The number of aliphatic imine (C=N–C) groups is 1. The first-order valence-corrected chi connectivity index (χ1v) is 9.62. The minimum Gasteiger partial charge on any atom is -0.476 e. The van der Waals surface area contributed by atoms with Crippen LogP contribution in [0.2, 0.25) is 0 Å². The van der Waals surface area contributed by atoms with E-state index in [0.717, 1.165) is 17.8 Å². The Morgan fingerprint density at radius 3 is 2.47 bits per heavy atom. The van der Waals surface area contributed by atoms with Crippen molar-refractivity contribution in [2.75, 3.05) is 40.8 Å². The zero-order valence-electron chi connectivity index (χ0n) is 18.1. The van der Waals surface area contributed by atoms with Gasteiger partial charge in [0.1, 0.15) is 6.61 Å². The van der Waals surface area contributed by atoms with Gasteiger partial charge in [0.15, 0.2) is 5.96 Å². The lowest BCUT2D eigenvalue weighted by Gasteiger charge is -2.13. The zero-order chi connectivity index (χ0) is 22.9. The predicted molar refractivity (Wildman–Crippen MR) is 128 cm³/mol. The molecule has 2 rings (SSSR count). The number of guanidine groups is 1. The summed E-state index contributed by atoms with van der Waals surface area (Å²) >= 11 is 0. The number of hydrogen-bond acceptors (Lipinski definition) is 4. The monoisotopic (exact) mass is 565 g/mol. The average molecular weight is 565 g/mol. The van der Waals surface area contributed by atoms with E-state index in [4.69, 9.17) is 4.74 Å². The number of carbonyl (C=O) groups excluding carboxylic acids is 1. The van der Waals surface area contributed by atoms with Crippen LogP contribution >= 0.6 is 24.0 Å². The van der Waals surface area contributed by atoms with Crippen LogP contribution in [0.3, 0.4) is 0 Å². The zero-order valence-corrected chi connectivity index (χ0v) is 20.4. The molecule has 0 unspecified atom stereocenters. The molecule has 32 heavy (non-hydrogen) atoms. The maximum absolute atomic E-state index is 12.5. The number of rotatable bonds is 8. The van der Waals surface area contributed by atoms with Crippen molar-refractivity contribution < 1.29 is 22.7 Å². The van der Waals surface area contributed by atoms with E-state index in [0.29, 0.717) is 31.0 Å². The molecule has 2 N–H and O–H groups in total. The van der Waals surface area contributed by atoms with Crippen molar-refractivity contribution in [2.45, 2.75) is 12.6 Å². The van der Waals surface area contributed by atoms with Crippen molar-refractivity contribution in [2.24, 2.45) is 4.99 Å². The molecular formula is C21H27F3IN5O2. The molecule has 0 aliphatic rings. The number of nitrogens with one attached hydrogen (secondary N) is 2. The van der Waals surface area contributed by atoms with Crippen molar-refractivity contribution in [3.63, 3.8) is 0 Å². The molecule has 1 heterocycles. The molecule has 1 aromatic heterocycles. The third kappa shape index (κ3) is 8.89. The summed E-state index contributed by atoms with van der Waals surface area (Å²) in [5.41, 5.74) is 0.839. The lowest BCUT2D eigenvalue weighted by atomic mass is 10.1. The summed E-state index contributed by atoms with van der Waals surface area (Å²) in [7, 11) is 5.05. The fourth-order valence-electron chi connectivity index (χ4n) is 2.62. The largest absolute Gasteiger partial charge is 0.476 e. The molecule has 0 radical (unpaired) electrons. The van der Waals surface area contributed by atoms with Gasteiger partial charge in [0, 0.05) is 45.5 Å². The van der Waals surface area contributed by atoms with E-state index in [1.54, 1.807) is 27.2 Å². The van der Waals surface area contributed by atoms with Crippen LogP contribution in [-0.4, -0.2) is 62.6 Å². The number of amides is 1. The standard InChI is InChI=1S/C21H26F3N5O2.HI/c1-25-20(26-10-9-15-5-4-6-16(13-15)19(30)29(2)3)27-11-12-31-18-8-7-17(14-28-18)21(22,23)24;/h4-8,13-14H,9-12H2,1-3H3,(H2,25,26,27);1H. The fraction of sp³-hybridized carbons (Fsp3) is 0.381. The summed E-state index contributed by atoms with van der Waals surface area (Å²) in [6.45, 7) is 1.18. The van der Waals surface area contributed by atoms with Gasteiger partial charge in [-0.25, -0.2) is 4.98 Å². The van der Waals surface area contributed by atoms with E-state index in [-0.39, 0.29) is 42.4 Å². The second-order valence-electron chi connectivity index (χ2n) is 6.81. The Bertz CT molecular complexity index is 890. The molecule has 176 valence electrons. The summed E-state index contributed by atoms with van der Waals surface area (Å²) < 4.78 is 42.9. The number of halogens is 4. The van der Waals surface area contributed by atoms with E-state index < -0.39 is 11.7 Å². The summed E-state index contributed by atoms with van der Waals surface area (Å²) in [5, 5.41) is 6.21. The number of hydrogen-bond donors (Lipinski definition) is 2. The summed E-state index contributed by atoms with van der Waals surface area (Å²) in [6, 6.07) is 9.57. The molecule has 0 aliphatic heterocycles. The molecule has 1 aromatic carbocycles. The van der Waals surface area contributed by atoms with Gasteiger partial charge in [-0.1, -0.05) is 12.1 Å². The van der Waals surface area contributed by atoms with Crippen LogP contribution in [0.25, 0.3) is 0 Å². The minimum atomic E-state index is -4.42. The molecule has 0 saturated carbocycles. The Labute approximate surface area is 202 Å². The lowest BCUT2D eigenvalue weighted by Crippen LogP contribution is -2.40. The molecule has 0 saturated heterocycles. The van der Waals surface area contributed by atoms with E-state index in [1.807, 2.05) is 18.2 Å². The highest BCUT2D eigenvalue weighted by atomic mass is 127. The first-order valence-electron chi connectivity index (χ1n) is 9.62. The highest BCUT2D eigenvalue weighted by Gasteiger charge is 2.30. The maximum atomic E-state index is 12.5. The summed E-state index contributed by atoms with van der Waals surface area (Å²) in [4.78, 5) is 21.3. The molecule has 0 fully saturated rings. The predicted octanol–water partition coefficient (Wildman–Crippen LogP) is 3.21. The number of ether oxygens (including phenoxy) is 1. The van der Waals surface area contributed by atoms with Crippen molar-refractivity contribution in [1.29, 1.82) is 0 Å². The molecule has 0 spiro atoms. The van der Waals surface area contributed by atoms with Gasteiger partial charge in [-0.2, -0.15) is 13.2 Å². The van der Waals surface area contributed by atoms with Gasteiger partial charge in [-0.3, -0.25) is 9.79 Å². The highest BCUT2D eigenvalue weighted by Crippen LogP contribution is 2.29. The van der Waals surface area contributed by atoms with Gasteiger partial charge >= 0.3 is 6.18 Å². The Balaban J connectivity index is 0.00000512.